The number of nitrogens with two attached hydrogens (primary N) is 1. The van der Waals surface area contributed by atoms with Crippen LogP contribution in [0, 0.1) is 5.82 Å². The van der Waals surface area contributed by atoms with Gasteiger partial charge in [0.15, 0.2) is 11.6 Å². The number of aromatic nitrogens is 1. The number of carbonyl (C=O) groups excluding carboxylic acids is 1. The van der Waals surface area contributed by atoms with Crippen LogP contribution in [0.25, 0.3) is 0 Å². The molecule has 0 saturated carbocycles. The van der Waals surface area contributed by atoms with Crippen LogP contribution in [0.1, 0.15) is 21.1 Å². The zero-order valence-corrected chi connectivity index (χ0v) is 14.3. The predicted molar refractivity (Wildman–Crippen MR) is 91.1 cm³/mol. The Morgan fingerprint density at radius 1 is 1.43 bits per heavy atom. The van der Waals surface area contributed by atoms with Crippen LogP contribution in [-0.2, 0) is 12.8 Å². The molecule has 3 N–H and O–H groups in total. The Balaban J connectivity index is 0.00000264. The van der Waals surface area contributed by atoms with Gasteiger partial charge in [-0.2, -0.15) is 0 Å². The number of amides is 1. The summed E-state index contributed by atoms with van der Waals surface area (Å²) in [6, 6.07) is 4.76. The first-order valence-corrected chi connectivity index (χ1v) is 7.77. The first-order valence-electron chi connectivity index (χ1n) is 6.89. The van der Waals surface area contributed by atoms with E-state index in [1.165, 1.54) is 24.5 Å². The maximum Gasteiger partial charge on any atom is 0.270 e. The molecule has 0 aliphatic rings. The first-order chi connectivity index (χ1) is 10.6. The normalized spacial score (nSPS) is 10.0. The zero-order valence-electron chi connectivity index (χ0n) is 12.7. The van der Waals surface area contributed by atoms with E-state index < -0.39 is 5.82 Å². The van der Waals surface area contributed by atoms with Gasteiger partial charge in [-0.05, 0) is 30.7 Å². The molecule has 2 aromatic rings. The number of nitrogens with one attached hydrogen (secondary N) is 1. The number of nitrogens with zero attached hydrogens (tertiary/aromatic N) is 1. The van der Waals surface area contributed by atoms with Crippen LogP contribution < -0.4 is 15.8 Å². The third kappa shape index (κ3) is 5.46. The van der Waals surface area contributed by atoms with Crippen molar-refractivity contribution in [1.82, 2.24) is 10.3 Å². The van der Waals surface area contributed by atoms with Crippen molar-refractivity contribution in [3.8, 4) is 5.75 Å². The molecule has 2 rings (SSSR count). The van der Waals surface area contributed by atoms with Gasteiger partial charge < -0.3 is 15.8 Å². The molecule has 23 heavy (non-hydrogen) atoms. The van der Waals surface area contributed by atoms with Crippen LogP contribution >= 0.6 is 23.7 Å². The first kappa shape index (κ1) is 19.3. The van der Waals surface area contributed by atoms with E-state index in [0.29, 0.717) is 31.6 Å². The molecule has 1 aromatic heterocycles. The van der Waals surface area contributed by atoms with Crippen LogP contribution in [0.4, 0.5) is 4.39 Å². The summed E-state index contributed by atoms with van der Waals surface area (Å²) in [5.74, 6) is -0.423. The number of hydrogen-bond acceptors (Lipinski definition) is 5. The van der Waals surface area contributed by atoms with Crippen molar-refractivity contribution in [2.24, 2.45) is 5.73 Å². The van der Waals surface area contributed by atoms with Crippen molar-refractivity contribution in [3.63, 3.8) is 0 Å². The summed E-state index contributed by atoms with van der Waals surface area (Å²) in [6.07, 6.45) is 1.20. The summed E-state index contributed by atoms with van der Waals surface area (Å²) in [4.78, 5) is 16.1. The highest BCUT2D eigenvalue weighted by Crippen LogP contribution is 2.17. The van der Waals surface area contributed by atoms with E-state index in [9.17, 15) is 9.18 Å². The average Bonchev–Trinajstić information content (AvgIpc) is 2.96. The lowest BCUT2D eigenvalue weighted by atomic mass is 10.1. The van der Waals surface area contributed by atoms with Crippen molar-refractivity contribution in [2.75, 3.05) is 20.2 Å². The standard InChI is InChI=1S/C15H18FN3O2S.ClH/c1-21-13-3-2-10(8-11(13)16)5-7-18-15(20)12-9-22-14(19-12)4-6-17;/h2-3,8-9H,4-7,17H2,1H3,(H,18,20);1H. The molecule has 0 fully saturated rings. The van der Waals surface area contributed by atoms with Gasteiger partial charge in [0.1, 0.15) is 5.69 Å². The second-order valence-electron chi connectivity index (χ2n) is 4.64. The van der Waals surface area contributed by atoms with Gasteiger partial charge >= 0.3 is 0 Å². The summed E-state index contributed by atoms with van der Waals surface area (Å²) in [5.41, 5.74) is 6.64. The number of thiazole rings is 1. The Hall–Kier alpha value is -1.70. The molecular weight excluding hydrogens is 341 g/mol. The van der Waals surface area contributed by atoms with Gasteiger partial charge in [-0.25, -0.2) is 9.37 Å². The highest BCUT2D eigenvalue weighted by Gasteiger charge is 2.10. The van der Waals surface area contributed by atoms with Crippen LogP contribution in [0.5, 0.6) is 5.75 Å². The van der Waals surface area contributed by atoms with Gasteiger partial charge in [0.2, 0.25) is 0 Å². The lowest BCUT2D eigenvalue weighted by molar-refractivity contribution is 0.0949. The topological polar surface area (TPSA) is 77.2 Å². The molecule has 0 unspecified atom stereocenters. The summed E-state index contributed by atoms with van der Waals surface area (Å²) in [7, 11) is 1.42. The lowest BCUT2D eigenvalue weighted by Gasteiger charge is -2.06. The second kappa shape index (κ2) is 9.44. The molecule has 8 heteroatoms. The van der Waals surface area contributed by atoms with Crippen molar-refractivity contribution in [1.29, 1.82) is 0 Å². The minimum Gasteiger partial charge on any atom is -0.494 e. The Labute approximate surface area is 144 Å². The van der Waals surface area contributed by atoms with Gasteiger partial charge in [0, 0.05) is 18.3 Å². The molecule has 5 nitrogen and oxygen atoms in total. The molecule has 126 valence electrons. The van der Waals surface area contributed by atoms with Gasteiger partial charge in [-0.15, -0.1) is 23.7 Å². The number of methoxy groups -OCH3 is 1. The molecule has 0 aliphatic heterocycles. The molecular formula is C15H19ClFN3O2S. The number of carbonyl (C=O) groups is 1. The van der Waals surface area contributed by atoms with Crippen LogP contribution in [0.2, 0.25) is 0 Å². The monoisotopic (exact) mass is 359 g/mol. The van der Waals surface area contributed by atoms with Crippen LogP contribution in [-0.4, -0.2) is 31.1 Å². The second-order valence-corrected chi connectivity index (χ2v) is 5.58. The molecule has 1 aromatic carbocycles. The molecule has 0 bridgehead atoms. The van der Waals surface area contributed by atoms with Crippen LogP contribution in [0.15, 0.2) is 23.6 Å². The summed E-state index contributed by atoms with van der Waals surface area (Å²) < 4.78 is 18.4. The number of benzene rings is 1. The maximum absolute atomic E-state index is 13.5. The molecule has 0 atom stereocenters. The predicted octanol–water partition coefficient (Wildman–Crippen LogP) is 2.19. The highest BCUT2D eigenvalue weighted by molar-refractivity contribution is 7.09. The quantitative estimate of drug-likeness (QED) is 0.794. The average molecular weight is 360 g/mol. The third-order valence-corrected chi connectivity index (χ3v) is 3.97. The van der Waals surface area contributed by atoms with E-state index in [4.69, 9.17) is 10.5 Å². The molecule has 1 heterocycles. The maximum atomic E-state index is 13.5. The summed E-state index contributed by atoms with van der Waals surface area (Å²) in [5, 5.41) is 5.34. The third-order valence-electron chi connectivity index (χ3n) is 3.06. The molecule has 0 aliphatic carbocycles. The van der Waals surface area contributed by atoms with Gasteiger partial charge in [-0.1, -0.05) is 6.07 Å². The molecule has 0 saturated heterocycles. The zero-order chi connectivity index (χ0) is 15.9. The molecule has 0 spiro atoms. The summed E-state index contributed by atoms with van der Waals surface area (Å²) >= 11 is 1.42. The van der Waals surface area contributed by atoms with E-state index in [0.717, 1.165) is 10.6 Å². The largest absolute Gasteiger partial charge is 0.494 e. The van der Waals surface area contributed by atoms with E-state index in [1.54, 1.807) is 17.5 Å². The van der Waals surface area contributed by atoms with Crippen molar-refractivity contribution in [2.45, 2.75) is 12.8 Å². The SMILES string of the molecule is COc1ccc(CCNC(=O)c2csc(CCN)n2)cc1F.Cl. The molecule has 1 amide bonds. The fourth-order valence-corrected chi connectivity index (χ4v) is 2.72. The Kier molecular flexibility index (Phi) is 7.94. The Morgan fingerprint density at radius 2 is 2.22 bits per heavy atom. The van der Waals surface area contributed by atoms with Gasteiger partial charge in [0.25, 0.3) is 5.91 Å². The van der Waals surface area contributed by atoms with Gasteiger partial charge in [-0.3, -0.25) is 4.79 Å². The number of rotatable bonds is 7. The lowest BCUT2D eigenvalue weighted by Crippen LogP contribution is -2.26. The van der Waals surface area contributed by atoms with Crippen molar-refractivity contribution < 1.29 is 13.9 Å². The van der Waals surface area contributed by atoms with Gasteiger partial charge in [0.05, 0.1) is 12.1 Å². The minimum atomic E-state index is -0.405. The number of hydrogen-bond donors (Lipinski definition) is 2. The minimum absolute atomic E-state index is 0. The van der Waals surface area contributed by atoms with E-state index in [-0.39, 0.29) is 24.1 Å². The smallest absolute Gasteiger partial charge is 0.270 e. The van der Waals surface area contributed by atoms with Crippen LogP contribution in [0.3, 0.4) is 0 Å². The highest BCUT2D eigenvalue weighted by atomic mass is 35.5. The Morgan fingerprint density at radius 3 is 2.87 bits per heavy atom. The fraction of sp³-hybridized carbons (Fsp3) is 0.333. The molecule has 0 radical (unpaired) electrons. The van der Waals surface area contributed by atoms with E-state index in [2.05, 4.69) is 10.3 Å². The van der Waals surface area contributed by atoms with E-state index in [1.807, 2.05) is 0 Å². The Bertz CT molecular complexity index is 651. The number of ether oxygens (including phenoxy) is 1. The van der Waals surface area contributed by atoms with E-state index >= 15 is 0 Å². The summed E-state index contributed by atoms with van der Waals surface area (Å²) in [6.45, 7) is 0.923. The van der Waals surface area contributed by atoms with Crippen molar-refractivity contribution in [3.05, 3.63) is 45.7 Å². The number of halogens is 2. The van der Waals surface area contributed by atoms with Crippen molar-refractivity contribution >= 4 is 29.7 Å². The fourth-order valence-electron chi connectivity index (χ4n) is 1.93.